The van der Waals surface area contributed by atoms with Crippen LogP contribution in [0.5, 0.6) is 0 Å². The van der Waals surface area contributed by atoms with E-state index in [1.807, 2.05) is 18.7 Å². The summed E-state index contributed by atoms with van der Waals surface area (Å²) in [6, 6.07) is 1.70. The van der Waals surface area contributed by atoms with Crippen LogP contribution in [0.15, 0.2) is 6.07 Å². The minimum atomic E-state index is -0.897. The molecule has 0 saturated carbocycles. The van der Waals surface area contributed by atoms with Crippen molar-refractivity contribution >= 4 is 23.2 Å². The predicted octanol–water partition coefficient (Wildman–Crippen LogP) is 1.66. The average molecular weight is 284 g/mol. The molecule has 1 aromatic heterocycles. The molecule has 1 aromatic rings. The molecule has 5 nitrogen and oxygen atoms in total. The third kappa shape index (κ3) is 4.33. The number of amides is 1. The van der Waals surface area contributed by atoms with Gasteiger partial charge in [-0.1, -0.05) is 6.92 Å². The van der Waals surface area contributed by atoms with Gasteiger partial charge in [0, 0.05) is 25.5 Å². The topological polar surface area (TPSA) is 60.9 Å². The summed E-state index contributed by atoms with van der Waals surface area (Å²) in [6.45, 7) is 5.60. The Morgan fingerprint density at radius 1 is 1.37 bits per heavy atom. The summed E-state index contributed by atoms with van der Waals surface area (Å²) in [5, 5.41) is 8.97. The lowest BCUT2D eigenvalue weighted by molar-refractivity contribution is -0.130. The van der Waals surface area contributed by atoms with Gasteiger partial charge in [0.2, 0.25) is 5.91 Å². The van der Waals surface area contributed by atoms with Crippen LogP contribution in [0.1, 0.15) is 27.0 Å². The van der Waals surface area contributed by atoms with Crippen molar-refractivity contribution in [2.75, 3.05) is 27.2 Å². The van der Waals surface area contributed by atoms with E-state index in [4.69, 9.17) is 5.11 Å². The first-order chi connectivity index (χ1) is 8.85. The molecule has 1 amide bonds. The van der Waals surface area contributed by atoms with Crippen LogP contribution in [0.2, 0.25) is 0 Å². The zero-order chi connectivity index (χ0) is 14.6. The Kier molecular flexibility index (Phi) is 5.50. The number of carbonyl (C=O) groups is 2. The number of carboxylic acids is 1. The van der Waals surface area contributed by atoms with E-state index in [-0.39, 0.29) is 5.91 Å². The van der Waals surface area contributed by atoms with E-state index in [2.05, 4.69) is 0 Å². The molecule has 19 heavy (non-hydrogen) atoms. The highest BCUT2D eigenvalue weighted by atomic mass is 32.1. The molecule has 0 bridgehead atoms. The molecule has 6 heteroatoms. The molecule has 1 N–H and O–H groups in total. The Morgan fingerprint density at radius 3 is 2.42 bits per heavy atom. The van der Waals surface area contributed by atoms with Crippen LogP contribution in [-0.2, 0) is 11.3 Å². The average Bonchev–Trinajstić information content (AvgIpc) is 2.70. The molecule has 0 aromatic carbocycles. The molecule has 0 fully saturated rings. The fraction of sp³-hybridized carbons (Fsp3) is 0.538. The monoisotopic (exact) mass is 284 g/mol. The van der Waals surface area contributed by atoms with Gasteiger partial charge in [0.25, 0.3) is 0 Å². The lowest BCUT2D eigenvalue weighted by Gasteiger charge is -2.21. The summed E-state index contributed by atoms with van der Waals surface area (Å²) in [4.78, 5) is 27.5. The van der Waals surface area contributed by atoms with E-state index < -0.39 is 5.97 Å². The molecule has 106 valence electrons. The summed E-state index contributed by atoms with van der Waals surface area (Å²) in [5.74, 6) is -0.847. The molecule has 0 aliphatic heterocycles. The smallest absolute Gasteiger partial charge is 0.345 e. The minimum absolute atomic E-state index is 0.0493. The van der Waals surface area contributed by atoms with Crippen LogP contribution in [0, 0.1) is 6.92 Å². The number of hydrogen-bond acceptors (Lipinski definition) is 4. The Labute approximate surface area is 117 Å². The van der Waals surface area contributed by atoms with Crippen LogP contribution < -0.4 is 0 Å². The first-order valence-corrected chi connectivity index (χ1v) is 6.91. The van der Waals surface area contributed by atoms with Crippen molar-refractivity contribution in [2.24, 2.45) is 0 Å². The Morgan fingerprint density at radius 2 is 2.00 bits per heavy atom. The number of hydrogen-bond donors (Lipinski definition) is 1. The second kappa shape index (κ2) is 6.68. The standard InChI is InChI=1S/C13H20N2O3S/c1-5-15(8-12(16)14(3)4)7-10-6-11(13(17)18)19-9(10)2/h6H,5,7-8H2,1-4H3,(H,17,18). The second-order valence-corrected chi connectivity index (χ2v) is 5.84. The number of aromatic carboxylic acids is 1. The van der Waals surface area contributed by atoms with E-state index in [1.165, 1.54) is 11.3 Å². The highest BCUT2D eigenvalue weighted by Gasteiger charge is 2.15. The van der Waals surface area contributed by atoms with Gasteiger partial charge in [-0.15, -0.1) is 11.3 Å². The van der Waals surface area contributed by atoms with Crippen molar-refractivity contribution in [3.63, 3.8) is 0 Å². The van der Waals surface area contributed by atoms with Gasteiger partial charge in [-0.25, -0.2) is 4.79 Å². The molecule has 0 unspecified atom stereocenters. The number of thiophene rings is 1. The first kappa shape index (κ1) is 15.7. The van der Waals surface area contributed by atoms with E-state index >= 15 is 0 Å². The van der Waals surface area contributed by atoms with Gasteiger partial charge in [-0.3, -0.25) is 9.69 Å². The highest BCUT2D eigenvalue weighted by molar-refractivity contribution is 7.14. The van der Waals surface area contributed by atoms with Crippen molar-refractivity contribution in [2.45, 2.75) is 20.4 Å². The van der Waals surface area contributed by atoms with Gasteiger partial charge in [0.1, 0.15) is 4.88 Å². The molecule has 1 rings (SSSR count). The number of likely N-dealkylation sites (N-methyl/N-ethyl adjacent to an activating group) is 2. The first-order valence-electron chi connectivity index (χ1n) is 6.10. The van der Waals surface area contributed by atoms with Crippen molar-refractivity contribution in [3.05, 3.63) is 21.4 Å². The lowest BCUT2D eigenvalue weighted by atomic mass is 10.2. The van der Waals surface area contributed by atoms with E-state index in [0.717, 1.165) is 17.0 Å². The van der Waals surface area contributed by atoms with Crippen LogP contribution in [-0.4, -0.2) is 54.0 Å². The van der Waals surface area contributed by atoms with Gasteiger partial charge in [-0.2, -0.15) is 0 Å². The molecule has 0 atom stereocenters. The van der Waals surface area contributed by atoms with Crippen LogP contribution in [0.25, 0.3) is 0 Å². The third-order valence-electron chi connectivity index (χ3n) is 2.93. The normalized spacial score (nSPS) is 10.8. The molecule has 0 aliphatic carbocycles. The fourth-order valence-corrected chi connectivity index (χ4v) is 2.51. The van der Waals surface area contributed by atoms with Gasteiger partial charge in [0.15, 0.2) is 0 Å². The van der Waals surface area contributed by atoms with E-state index in [0.29, 0.717) is 18.0 Å². The van der Waals surface area contributed by atoms with Crippen LogP contribution in [0.4, 0.5) is 0 Å². The van der Waals surface area contributed by atoms with E-state index in [9.17, 15) is 9.59 Å². The van der Waals surface area contributed by atoms with Crippen LogP contribution in [0.3, 0.4) is 0 Å². The third-order valence-corrected chi connectivity index (χ3v) is 4.01. The number of carbonyl (C=O) groups excluding carboxylic acids is 1. The van der Waals surface area contributed by atoms with Crippen molar-refractivity contribution < 1.29 is 14.7 Å². The highest BCUT2D eigenvalue weighted by Crippen LogP contribution is 2.22. The minimum Gasteiger partial charge on any atom is -0.477 e. The van der Waals surface area contributed by atoms with E-state index in [1.54, 1.807) is 25.1 Å². The quantitative estimate of drug-likeness (QED) is 0.863. The van der Waals surface area contributed by atoms with Gasteiger partial charge < -0.3 is 10.0 Å². The van der Waals surface area contributed by atoms with Crippen molar-refractivity contribution in [3.8, 4) is 0 Å². The summed E-state index contributed by atoms with van der Waals surface area (Å²) in [6.07, 6.45) is 0. The van der Waals surface area contributed by atoms with Gasteiger partial charge >= 0.3 is 5.97 Å². The number of rotatable bonds is 6. The van der Waals surface area contributed by atoms with Gasteiger partial charge in [-0.05, 0) is 25.1 Å². The maximum atomic E-state index is 11.7. The number of aryl methyl sites for hydroxylation is 1. The fourth-order valence-electron chi connectivity index (χ4n) is 1.64. The zero-order valence-corrected chi connectivity index (χ0v) is 12.6. The Balaban J connectivity index is 2.75. The molecule has 0 radical (unpaired) electrons. The van der Waals surface area contributed by atoms with Crippen molar-refractivity contribution in [1.29, 1.82) is 0 Å². The summed E-state index contributed by atoms with van der Waals surface area (Å²) < 4.78 is 0. The summed E-state index contributed by atoms with van der Waals surface area (Å²) in [7, 11) is 3.46. The maximum absolute atomic E-state index is 11.7. The number of nitrogens with zero attached hydrogens (tertiary/aromatic N) is 2. The molecule has 0 saturated heterocycles. The zero-order valence-electron chi connectivity index (χ0n) is 11.8. The van der Waals surface area contributed by atoms with Crippen molar-refractivity contribution in [1.82, 2.24) is 9.80 Å². The van der Waals surface area contributed by atoms with Gasteiger partial charge in [0.05, 0.1) is 6.54 Å². The molecular weight excluding hydrogens is 264 g/mol. The second-order valence-electron chi connectivity index (χ2n) is 4.59. The molecular formula is C13H20N2O3S. The summed E-state index contributed by atoms with van der Waals surface area (Å²) in [5.41, 5.74) is 0.982. The van der Waals surface area contributed by atoms with Crippen LogP contribution >= 0.6 is 11.3 Å². The lowest BCUT2D eigenvalue weighted by Crippen LogP contribution is -2.36. The Bertz CT molecular complexity index is 468. The SMILES string of the molecule is CCN(CC(=O)N(C)C)Cc1cc(C(=O)O)sc1C. The predicted molar refractivity (Wildman–Crippen MR) is 75.7 cm³/mol. The summed E-state index contributed by atoms with van der Waals surface area (Å²) >= 11 is 1.28. The molecule has 1 heterocycles. The number of carboxylic acid groups (broad SMARTS) is 1. The molecule has 0 aliphatic rings. The largest absolute Gasteiger partial charge is 0.477 e. The Hall–Kier alpha value is -1.40. The molecule has 0 spiro atoms. The maximum Gasteiger partial charge on any atom is 0.345 e.